The van der Waals surface area contributed by atoms with E-state index in [0.29, 0.717) is 0 Å². The van der Waals surface area contributed by atoms with E-state index in [1.165, 1.54) is 22.2 Å². The third-order valence-corrected chi connectivity index (χ3v) is 2.85. The minimum Gasteiger partial charge on any atom is -0.361 e. The molecule has 2 heteroatoms. The largest absolute Gasteiger partial charge is 0.361 e. The summed E-state index contributed by atoms with van der Waals surface area (Å²) in [7, 11) is 1.88. The second-order valence-corrected chi connectivity index (χ2v) is 5.69. The van der Waals surface area contributed by atoms with E-state index in [-0.39, 0.29) is 5.41 Å². The summed E-state index contributed by atoms with van der Waals surface area (Å²) in [5.74, 6) is 0. The van der Waals surface area contributed by atoms with Crippen molar-refractivity contribution < 1.29 is 0 Å². The minimum absolute atomic E-state index is 0.266. The number of rotatable bonds is 2. The van der Waals surface area contributed by atoms with Crippen molar-refractivity contribution in [3.8, 4) is 0 Å². The molecule has 0 radical (unpaired) electrons. The van der Waals surface area contributed by atoms with Crippen LogP contribution in [0.5, 0.6) is 0 Å². The first-order chi connectivity index (χ1) is 7.99. The average Bonchev–Trinajstić information content (AvgIpc) is 2.71. The lowest BCUT2D eigenvalue weighted by molar-refractivity contribution is 0.434. The lowest BCUT2D eigenvalue weighted by atomic mass is 9.87. The van der Waals surface area contributed by atoms with Crippen molar-refractivity contribution >= 4 is 16.6 Å². The van der Waals surface area contributed by atoms with Gasteiger partial charge in [-0.3, -0.25) is 4.99 Å². The number of nitrogens with zero attached hydrogens (tertiary/aromatic N) is 1. The fraction of sp³-hybridized carbons (Fsp3) is 0.400. The summed E-state index contributed by atoms with van der Waals surface area (Å²) >= 11 is 0. The Morgan fingerprint density at radius 2 is 2.00 bits per heavy atom. The zero-order valence-electron chi connectivity index (χ0n) is 11.0. The van der Waals surface area contributed by atoms with Crippen molar-refractivity contribution in [1.29, 1.82) is 0 Å². The van der Waals surface area contributed by atoms with Gasteiger partial charge in [0.05, 0.1) is 0 Å². The summed E-state index contributed by atoms with van der Waals surface area (Å²) in [4.78, 5) is 7.65. The van der Waals surface area contributed by atoms with E-state index < -0.39 is 0 Å². The van der Waals surface area contributed by atoms with E-state index in [1.54, 1.807) is 0 Å². The number of aromatic nitrogens is 1. The third kappa shape index (κ3) is 2.76. The Morgan fingerprint density at radius 3 is 2.65 bits per heavy atom. The molecule has 0 aliphatic heterocycles. The molecule has 0 fully saturated rings. The highest BCUT2D eigenvalue weighted by molar-refractivity contribution is 6.03. The molecule has 2 aromatic rings. The molecule has 1 aromatic heterocycles. The van der Waals surface area contributed by atoms with Gasteiger partial charge in [0.15, 0.2) is 0 Å². The highest BCUT2D eigenvalue weighted by Crippen LogP contribution is 2.23. The van der Waals surface area contributed by atoms with Gasteiger partial charge in [-0.25, -0.2) is 0 Å². The molecule has 0 saturated heterocycles. The van der Waals surface area contributed by atoms with Crippen molar-refractivity contribution in [2.75, 3.05) is 7.05 Å². The summed E-state index contributed by atoms with van der Waals surface area (Å²) in [5.41, 5.74) is 3.86. The summed E-state index contributed by atoms with van der Waals surface area (Å²) in [6.07, 6.45) is 2.97. The zero-order chi connectivity index (χ0) is 12.5. The van der Waals surface area contributed by atoms with Crippen LogP contribution < -0.4 is 0 Å². The van der Waals surface area contributed by atoms with Crippen LogP contribution in [-0.2, 0) is 0 Å². The average molecular weight is 228 g/mol. The van der Waals surface area contributed by atoms with Gasteiger partial charge in [-0.2, -0.15) is 0 Å². The van der Waals surface area contributed by atoms with Gasteiger partial charge < -0.3 is 4.98 Å². The van der Waals surface area contributed by atoms with Crippen molar-refractivity contribution in [3.63, 3.8) is 0 Å². The van der Waals surface area contributed by atoms with Crippen LogP contribution in [0, 0.1) is 5.41 Å². The van der Waals surface area contributed by atoms with Gasteiger partial charge in [-0.1, -0.05) is 26.8 Å². The molecule has 90 valence electrons. The van der Waals surface area contributed by atoms with E-state index in [4.69, 9.17) is 0 Å². The van der Waals surface area contributed by atoms with Crippen LogP contribution in [0.4, 0.5) is 0 Å². The standard InChI is InChI=1S/C15H20N2/c1-15(2,3)10-14(16-4)11-5-6-13-12(9-11)7-8-17-13/h5-9,17H,10H2,1-4H3. The number of aromatic amines is 1. The molecule has 0 saturated carbocycles. The summed E-state index contributed by atoms with van der Waals surface area (Å²) in [5, 5.41) is 1.25. The Balaban J connectivity index is 2.37. The molecule has 0 aliphatic rings. The Labute approximate surface area is 103 Å². The summed E-state index contributed by atoms with van der Waals surface area (Å²) in [6, 6.07) is 8.58. The quantitative estimate of drug-likeness (QED) is 0.752. The zero-order valence-corrected chi connectivity index (χ0v) is 11.0. The fourth-order valence-corrected chi connectivity index (χ4v) is 2.05. The maximum atomic E-state index is 4.44. The van der Waals surface area contributed by atoms with Gasteiger partial charge in [0, 0.05) is 29.9 Å². The first-order valence-corrected chi connectivity index (χ1v) is 6.03. The van der Waals surface area contributed by atoms with Gasteiger partial charge in [0.25, 0.3) is 0 Å². The fourth-order valence-electron chi connectivity index (χ4n) is 2.05. The molecular formula is C15H20N2. The van der Waals surface area contributed by atoms with Crippen LogP contribution in [0.1, 0.15) is 32.8 Å². The first-order valence-electron chi connectivity index (χ1n) is 6.03. The second kappa shape index (κ2) is 4.36. The monoisotopic (exact) mass is 228 g/mol. The Kier molecular flexibility index (Phi) is 3.05. The number of fused-ring (bicyclic) bond motifs is 1. The second-order valence-electron chi connectivity index (χ2n) is 5.69. The van der Waals surface area contributed by atoms with Gasteiger partial charge in [-0.15, -0.1) is 0 Å². The molecule has 2 rings (SSSR count). The minimum atomic E-state index is 0.266. The van der Waals surface area contributed by atoms with Gasteiger partial charge in [0.2, 0.25) is 0 Å². The molecule has 0 atom stereocenters. The Morgan fingerprint density at radius 1 is 1.24 bits per heavy atom. The predicted molar refractivity (Wildman–Crippen MR) is 74.8 cm³/mol. The summed E-state index contributed by atoms with van der Waals surface area (Å²) in [6.45, 7) is 6.73. The number of aliphatic imine (C=N–C) groups is 1. The Hall–Kier alpha value is -1.57. The van der Waals surface area contributed by atoms with Gasteiger partial charge >= 0.3 is 0 Å². The molecule has 17 heavy (non-hydrogen) atoms. The lowest BCUT2D eigenvalue weighted by Crippen LogP contribution is -2.14. The molecule has 0 spiro atoms. The highest BCUT2D eigenvalue weighted by atomic mass is 14.7. The molecular weight excluding hydrogens is 208 g/mol. The normalized spacial score (nSPS) is 13.3. The van der Waals surface area contributed by atoms with Crippen LogP contribution in [0.15, 0.2) is 35.5 Å². The Bertz CT molecular complexity index is 541. The van der Waals surface area contributed by atoms with Crippen LogP contribution in [0.2, 0.25) is 0 Å². The topological polar surface area (TPSA) is 28.1 Å². The lowest BCUT2D eigenvalue weighted by Gasteiger charge is -2.19. The predicted octanol–water partition coefficient (Wildman–Crippen LogP) is 4.02. The van der Waals surface area contributed by atoms with Crippen LogP contribution >= 0.6 is 0 Å². The van der Waals surface area contributed by atoms with Crippen molar-refractivity contribution in [1.82, 2.24) is 4.98 Å². The number of nitrogens with one attached hydrogen (secondary N) is 1. The van der Waals surface area contributed by atoms with Crippen molar-refractivity contribution in [2.24, 2.45) is 10.4 Å². The maximum absolute atomic E-state index is 4.44. The molecule has 2 nitrogen and oxygen atoms in total. The molecule has 1 heterocycles. The van der Waals surface area contributed by atoms with Gasteiger partial charge in [0.1, 0.15) is 0 Å². The maximum Gasteiger partial charge on any atom is 0.0454 e. The number of benzene rings is 1. The van der Waals surface area contributed by atoms with E-state index >= 15 is 0 Å². The molecule has 0 amide bonds. The van der Waals surface area contributed by atoms with E-state index in [2.05, 4.69) is 55.0 Å². The van der Waals surface area contributed by atoms with Gasteiger partial charge in [-0.05, 0) is 35.6 Å². The first kappa shape index (κ1) is 11.9. The molecule has 0 unspecified atom stereocenters. The van der Waals surface area contributed by atoms with Crippen molar-refractivity contribution in [3.05, 3.63) is 36.0 Å². The van der Waals surface area contributed by atoms with E-state index in [9.17, 15) is 0 Å². The van der Waals surface area contributed by atoms with Crippen LogP contribution in [-0.4, -0.2) is 17.7 Å². The van der Waals surface area contributed by atoms with E-state index in [1.807, 2.05) is 13.2 Å². The van der Waals surface area contributed by atoms with E-state index in [0.717, 1.165) is 6.42 Å². The van der Waals surface area contributed by atoms with Crippen LogP contribution in [0.3, 0.4) is 0 Å². The van der Waals surface area contributed by atoms with Crippen molar-refractivity contribution in [2.45, 2.75) is 27.2 Å². The highest BCUT2D eigenvalue weighted by Gasteiger charge is 2.15. The third-order valence-electron chi connectivity index (χ3n) is 2.85. The van der Waals surface area contributed by atoms with Crippen LogP contribution in [0.25, 0.3) is 10.9 Å². The number of H-pyrrole nitrogens is 1. The summed E-state index contributed by atoms with van der Waals surface area (Å²) < 4.78 is 0. The molecule has 1 aromatic carbocycles. The molecule has 0 aliphatic carbocycles. The molecule has 1 N–H and O–H groups in total. The number of hydrogen-bond donors (Lipinski definition) is 1. The molecule has 0 bridgehead atoms. The number of hydrogen-bond acceptors (Lipinski definition) is 1. The smallest absolute Gasteiger partial charge is 0.0454 e. The SMILES string of the molecule is CN=C(CC(C)(C)C)c1ccc2[nH]ccc2c1.